The Morgan fingerprint density at radius 1 is 1.35 bits per heavy atom. The fourth-order valence-corrected chi connectivity index (χ4v) is 3.32. The maximum Gasteiger partial charge on any atom is 0.573 e. The lowest BCUT2D eigenvalue weighted by molar-refractivity contribution is -0.274. The summed E-state index contributed by atoms with van der Waals surface area (Å²) in [5.74, 6) is -2.57. The van der Waals surface area contributed by atoms with Crippen LogP contribution in [0.2, 0.25) is 0 Å². The zero-order chi connectivity index (χ0) is 18.9. The van der Waals surface area contributed by atoms with Crippen LogP contribution in [0, 0.1) is 5.92 Å². The molecule has 1 aromatic carbocycles. The van der Waals surface area contributed by atoms with Gasteiger partial charge in [-0.25, -0.2) is 9.78 Å². The fourth-order valence-electron chi connectivity index (χ4n) is 2.62. The van der Waals surface area contributed by atoms with Gasteiger partial charge in [0.2, 0.25) is 5.91 Å². The molecule has 1 heterocycles. The van der Waals surface area contributed by atoms with E-state index in [1.54, 1.807) is 6.07 Å². The van der Waals surface area contributed by atoms with Crippen molar-refractivity contribution in [2.45, 2.75) is 25.2 Å². The number of aromatic nitrogens is 1. The zero-order valence-electron chi connectivity index (χ0n) is 13.1. The van der Waals surface area contributed by atoms with E-state index in [0.29, 0.717) is 17.0 Å². The second kappa shape index (κ2) is 6.94. The summed E-state index contributed by atoms with van der Waals surface area (Å²) in [7, 11) is 0. The van der Waals surface area contributed by atoms with Crippen LogP contribution in [0.15, 0.2) is 29.6 Å². The number of amides is 1. The van der Waals surface area contributed by atoms with Crippen LogP contribution < -0.4 is 10.1 Å². The van der Waals surface area contributed by atoms with Crippen molar-refractivity contribution in [2.75, 3.05) is 0 Å². The van der Waals surface area contributed by atoms with Gasteiger partial charge in [0.05, 0.1) is 6.54 Å². The number of hydrogen-bond donors (Lipinski definition) is 2. The summed E-state index contributed by atoms with van der Waals surface area (Å²) < 4.78 is 41.5. The average molecular weight is 386 g/mol. The molecule has 0 unspecified atom stereocenters. The summed E-state index contributed by atoms with van der Waals surface area (Å²) in [5.41, 5.74) is 0.245. The summed E-state index contributed by atoms with van der Waals surface area (Å²) >= 11 is 1.11. The monoisotopic (exact) mass is 386 g/mol. The lowest BCUT2D eigenvalue weighted by Gasteiger charge is -2.13. The molecule has 0 saturated heterocycles. The number of para-hydroxylation sites is 1. The van der Waals surface area contributed by atoms with E-state index < -0.39 is 18.2 Å². The first kappa shape index (κ1) is 18.2. The number of nitrogens with zero attached hydrogens (tertiary/aromatic N) is 1. The molecule has 3 rings (SSSR count). The predicted molar refractivity (Wildman–Crippen MR) is 84.9 cm³/mol. The van der Waals surface area contributed by atoms with Gasteiger partial charge in [-0.3, -0.25) is 4.79 Å². The lowest BCUT2D eigenvalue weighted by atomic mass is 10.1. The molecule has 2 N–H and O–H groups in total. The third-order valence-corrected chi connectivity index (χ3v) is 4.70. The maximum atomic E-state index is 12.5. The van der Waals surface area contributed by atoms with Crippen molar-refractivity contribution in [1.82, 2.24) is 10.3 Å². The third-order valence-electron chi connectivity index (χ3n) is 3.86. The Labute approximate surface area is 149 Å². The number of halogens is 3. The predicted octanol–water partition coefficient (Wildman–Crippen LogP) is 3.16. The Bertz CT molecular complexity index is 837. The number of alkyl halides is 3. The molecule has 6 nitrogen and oxygen atoms in total. The van der Waals surface area contributed by atoms with Crippen molar-refractivity contribution in [2.24, 2.45) is 5.92 Å². The van der Waals surface area contributed by atoms with Gasteiger partial charge in [-0.2, -0.15) is 0 Å². The highest BCUT2D eigenvalue weighted by atomic mass is 32.1. The van der Waals surface area contributed by atoms with Crippen LogP contribution in [-0.2, 0) is 11.3 Å². The van der Waals surface area contributed by atoms with E-state index in [1.165, 1.54) is 23.6 Å². The molecule has 1 fully saturated rings. The van der Waals surface area contributed by atoms with E-state index in [-0.39, 0.29) is 29.8 Å². The molecular formula is C16H13F3N2O4S. The zero-order valence-corrected chi connectivity index (χ0v) is 13.9. The Morgan fingerprint density at radius 2 is 2.08 bits per heavy atom. The Hall–Kier alpha value is -2.62. The molecule has 1 aliphatic carbocycles. The van der Waals surface area contributed by atoms with Crippen molar-refractivity contribution < 1.29 is 32.6 Å². The smallest absolute Gasteiger partial charge is 0.476 e. The number of ether oxygens (including phenoxy) is 1. The number of carboxylic acid groups (broad SMARTS) is 1. The van der Waals surface area contributed by atoms with Gasteiger partial charge >= 0.3 is 12.3 Å². The summed E-state index contributed by atoms with van der Waals surface area (Å²) in [5, 5.41) is 13.2. The highest BCUT2D eigenvalue weighted by Gasteiger charge is 2.46. The third kappa shape index (κ3) is 4.31. The van der Waals surface area contributed by atoms with Gasteiger partial charge in [0, 0.05) is 11.3 Å². The number of carboxylic acids is 1. The van der Waals surface area contributed by atoms with E-state index in [4.69, 9.17) is 5.11 Å². The van der Waals surface area contributed by atoms with Crippen LogP contribution in [0.4, 0.5) is 13.2 Å². The Balaban J connectivity index is 1.60. The quantitative estimate of drug-likeness (QED) is 0.796. The van der Waals surface area contributed by atoms with Crippen molar-refractivity contribution in [3.05, 3.63) is 45.9 Å². The van der Waals surface area contributed by atoms with Gasteiger partial charge in [0.1, 0.15) is 10.8 Å². The number of carbonyl (C=O) groups excluding carboxylic acids is 1. The number of nitrogens with one attached hydrogen (secondary N) is 1. The summed E-state index contributed by atoms with van der Waals surface area (Å²) in [4.78, 5) is 26.8. The van der Waals surface area contributed by atoms with Crippen molar-refractivity contribution in [3.8, 4) is 5.75 Å². The van der Waals surface area contributed by atoms with Gasteiger partial charge in [0.15, 0.2) is 5.69 Å². The first-order chi connectivity index (χ1) is 12.2. The molecular weight excluding hydrogens is 373 g/mol. The van der Waals surface area contributed by atoms with Crippen LogP contribution in [0.25, 0.3) is 0 Å². The van der Waals surface area contributed by atoms with Crippen molar-refractivity contribution in [1.29, 1.82) is 0 Å². The average Bonchev–Trinajstić information content (AvgIpc) is 3.20. The molecule has 1 amide bonds. The molecule has 138 valence electrons. The van der Waals surface area contributed by atoms with Gasteiger partial charge in [-0.1, -0.05) is 18.2 Å². The van der Waals surface area contributed by atoms with Crippen molar-refractivity contribution in [3.63, 3.8) is 0 Å². The topological polar surface area (TPSA) is 88.5 Å². The number of carbonyl (C=O) groups is 2. The Morgan fingerprint density at radius 3 is 2.73 bits per heavy atom. The van der Waals surface area contributed by atoms with E-state index in [9.17, 15) is 22.8 Å². The molecule has 2 atom stereocenters. The molecule has 1 saturated carbocycles. The summed E-state index contributed by atoms with van der Waals surface area (Å²) in [6.07, 6.45) is -4.38. The SMILES string of the molecule is O=C(O)c1csc(CNC(=O)[C@@H]2C[C@H]2c2ccccc2OC(F)(F)F)n1. The van der Waals surface area contributed by atoms with E-state index >= 15 is 0 Å². The maximum absolute atomic E-state index is 12.5. The van der Waals surface area contributed by atoms with Crippen LogP contribution >= 0.6 is 11.3 Å². The standard InChI is InChI=1S/C16H13F3N2O4S/c17-16(18,19)25-12-4-2-1-3-8(12)9-5-10(9)14(22)20-6-13-21-11(7-26-13)15(23)24/h1-4,7,9-10H,5-6H2,(H,20,22)(H,23,24)/t9-,10+/m0/s1. The van der Waals surface area contributed by atoms with E-state index in [0.717, 1.165) is 11.3 Å². The van der Waals surface area contributed by atoms with Crippen LogP contribution in [0.5, 0.6) is 5.75 Å². The van der Waals surface area contributed by atoms with Gasteiger partial charge in [-0.15, -0.1) is 24.5 Å². The number of benzene rings is 1. The lowest BCUT2D eigenvalue weighted by Crippen LogP contribution is -2.25. The van der Waals surface area contributed by atoms with E-state index in [2.05, 4.69) is 15.0 Å². The Kier molecular flexibility index (Phi) is 4.86. The van der Waals surface area contributed by atoms with Gasteiger partial charge in [0.25, 0.3) is 0 Å². The molecule has 1 aliphatic rings. The van der Waals surface area contributed by atoms with Crippen molar-refractivity contribution >= 4 is 23.2 Å². The minimum absolute atomic E-state index is 0.0701. The molecule has 0 aliphatic heterocycles. The number of rotatable bonds is 6. The minimum Gasteiger partial charge on any atom is -0.476 e. The molecule has 0 radical (unpaired) electrons. The first-order valence-corrected chi connectivity index (χ1v) is 8.42. The molecule has 2 aromatic rings. The first-order valence-electron chi connectivity index (χ1n) is 7.54. The second-order valence-electron chi connectivity index (χ2n) is 5.68. The summed E-state index contributed by atoms with van der Waals surface area (Å²) in [6.45, 7) is 0.0701. The summed E-state index contributed by atoms with van der Waals surface area (Å²) in [6, 6.07) is 5.76. The van der Waals surface area contributed by atoms with E-state index in [1.807, 2.05) is 0 Å². The van der Waals surface area contributed by atoms with Crippen LogP contribution in [0.1, 0.15) is 33.4 Å². The molecule has 26 heavy (non-hydrogen) atoms. The molecule has 0 bridgehead atoms. The molecule has 1 aromatic heterocycles. The fraction of sp³-hybridized carbons (Fsp3) is 0.312. The number of thiazole rings is 1. The van der Waals surface area contributed by atoms with Gasteiger partial charge < -0.3 is 15.2 Å². The van der Waals surface area contributed by atoms with Crippen LogP contribution in [0.3, 0.4) is 0 Å². The largest absolute Gasteiger partial charge is 0.573 e. The second-order valence-corrected chi connectivity index (χ2v) is 6.63. The molecule has 10 heteroatoms. The normalized spacial score (nSPS) is 19.0. The minimum atomic E-state index is -4.80. The highest BCUT2D eigenvalue weighted by molar-refractivity contribution is 7.09. The van der Waals surface area contributed by atoms with Crippen LogP contribution in [-0.4, -0.2) is 28.3 Å². The number of aromatic carboxylic acids is 1. The number of hydrogen-bond acceptors (Lipinski definition) is 5. The molecule has 0 spiro atoms. The highest BCUT2D eigenvalue weighted by Crippen LogP contribution is 2.51. The van der Waals surface area contributed by atoms with Gasteiger partial charge in [-0.05, 0) is 24.0 Å².